The predicted octanol–water partition coefficient (Wildman–Crippen LogP) is 0.496. The van der Waals surface area contributed by atoms with Crippen molar-refractivity contribution in [3.8, 4) is 0 Å². The third-order valence-corrected chi connectivity index (χ3v) is 3.65. The van der Waals surface area contributed by atoms with Crippen LogP contribution in [0.1, 0.15) is 5.69 Å². The lowest BCUT2D eigenvalue weighted by atomic mass is 10.4. The lowest BCUT2D eigenvalue weighted by molar-refractivity contribution is 0.600. The molecule has 0 saturated carbocycles. The van der Waals surface area contributed by atoms with Crippen LogP contribution in [0.3, 0.4) is 0 Å². The number of aryl methyl sites for hydroxylation is 1. The molecule has 17 heavy (non-hydrogen) atoms. The number of hydrogen-bond donors (Lipinski definition) is 3. The van der Waals surface area contributed by atoms with Crippen molar-refractivity contribution in [3.05, 3.63) is 30.4 Å². The van der Waals surface area contributed by atoms with Crippen LogP contribution in [0.25, 0.3) is 0 Å². The van der Waals surface area contributed by atoms with Gasteiger partial charge in [0.25, 0.3) is 10.0 Å². The maximum Gasteiger partial charge on any atom is 0.265 e. The molecule has 0 fully saturated rings. The number of nitrogens with two attached hydrogens (primary N) is 1. The summed E-state index contributed by atoms with van der Waals surface area (Å²) in [5.74, 6) is 0. The Hall–Kier alpha value is -2.09. The van der Waals surface area contributed by atoms with Crippen molar-refractivity contribution in [2.75, 3.05) is 10.5 Å². The Kier molecular flexibility index (Phi) is 2.72. The number of aromatic amines is 1. The zero-order chi connectivity index (χ0) is 12.5. The molecule has 0 amide bonds. The predicted molar refractivity (Wildman–Crippen MR) is 62.8 cm³/mol. The van der Waals surface area contributed by atoms with E-state index >= 15 is 0 Å². The first-order chi connectivity index (χ1) is 8.00. The molecule has 0 aromatic carbocycles. The van der Waals surface area contributed by atoms with E-state index in [9.17, 15) is 8.42 Å². The number of H-pyrrole nitrogens is 1. The second-order valence-corrected chi connectivity index (χ2v) is 5.08. The van der Waals surface area contributed by atoms with Gasteiger partial charge >= 0.3 is 0 Å². The van der Waals surface area contributed by atoms with Crippen molar-refractivity contribution in [3.63, 3.8) is 0 Å². The molecule has 0 aliphatic heterocycles. The summed E-state index contributed by atoms with van der Waals surface area (Å²) in [6.45, 7) is 1.62. The van der Waals surface area contributed by atoms with E-state index in [1.165, 1.54) is 24.7 Å². The zero-order valence-corrected chi connectivity index (χ0v) is 9.82. The molecule has 0 aliphatic rings. The Morgan fingerprint density at radius 1 is 1.41 bits per heavy atom. The second-order valence-electron chi connectivity index (χ2n) is 3.43. The smallest absolute Gasteiger partial charge is 0.265 e. The third kappa shape index (κ3) is 2.21. The minimum absolute atomic E-state index is 0.0914. The van der Waals surface area contributed by atoms with E-state index in [-0.39, 0.29) is 10.6 Å². The fraction of sp³-hybridized carbons (Fsp3) is 0.111. The van der Waals surface area contributed by atoms with Crippen molar-refractivity contribution in [1.29, 1.82) is 0 Å². The maximum absolute atomic E-state index is 12.0. The van der Waals surface area contributed by atoms with E-state index in [4.69, 9.17) is 5.73 Å². The van der Waals surface area contributed by atoms with Gasteiger partial charge in [0.05, 0.1) is 29.5 Å². The van der Waals surface area contributed by atoms with Gasteiger partial charge in [-0.05, 0) is 13.0 Å². The van der Waals surface area contributed by atoms with Crippen molar-refractivity contribution in [2.45, 2.75) is 11.8 Å². The summed E-state index contributed by atoms with van der Waals surface area (Å²) in [4.78, 5) is 3.87. The van der Waals surface area contributed by atoms with Crippen LogP contribution in [0.4, 0.5) is 11.4 Å². The fourth-order valence-corrected chi connectivity index (χ4v) is 2.54. The van der Waals surface area contributed by atoms with Crippen LogP contribution in [0.15, 0.2) is 29.6 Å². The van der Waals surface area contributed by atoms with Crippen LogP contribution in [0.2, 0.25) is 0 Å². The average molecular weight is 253 g/mol. The molecule has 0 bridgehead atoms. The van der Waals surface area contributed by atoms with E-state index in [0.717, 1.165) is 0 Å². The van der Waals surface area contributed by atoms with Crippen LogP contribution < -0.4 is 10.5 Å². The van der Waals surface area contributed by atoms with Crippen LogP contribution in [0.5, 0.6) is 0 Å². The van der Waals surface area contributed by atoms with Gasteiger partial charge < -0.3 is 5.73 Å². The summed E-state index contributed by atoms with van der Waals surface area (Å²) in [6.07, 6.45) is 4.07. The number of nitrogens with zero attached hydrogens (tertiary/aromatic N) is 2. The summed E-state index contributed by atoms with van der Waals surface area (Å²) in [5.41, 5.74) is 6.62. The standard InChI is InChI=1S/C9H11N5O2S/c1-6-9(5-12-13-6)17(15,16)14-8-2-3-11-4-7(8)10/h2-5H,10H2,1H3,(H,11,14)(H,12,13). The number of sulfonamides is 1. The average Bonchev–Trinajstić information content (AvgIpc) is 2.68. The maximum atomic E-state index is 12.0. The van der Waals surface area contributed by atoms with Gasteiger partial charge in [0.1, 0.15) is 4.90 Å². The van der Waals surface area contributed by atoms with Gasteiger partial charge in [-0.3, -0.25) is 14.8 Å². The molecule has 0 atom stereocenters. The number of pyridine rings is 1. The monoisotopic (exact) mass is 253 g/mol. The van der Waals surface area contributed by atoms with Crippen LogP contribution in [-0.4, -0.2) is 23.6 Å². The van der Waals surface area contributed by atoms with Gasteiger partial charge in [-0.1, -0.05) is 0 Å². The molecular formula is C9H11N5O2S. The molecule has 8 heteroatoms. The highest BCUT2D eigenvalue weighted by Gasteiger charge is 2.19. The van der Waals surface area contributed by atoms with Crippen molar-refractivity contribution < 1.29 is 8.42 Å². The molecule has 4 N–H and O–H groups in total. The summed E-state index contributed by atoms with van der Waals surface area (Å²) in [6, 6.07) is 1.49. The molecule has 0 spiro atoms. The van der Waals surface area contributed by atoms with Crippen LogP contribution in [-0.2, 0) is 10.0 Å². The summed E-state index contributed by atoms with van der Waals surface area (Å²) in [5, 5.41) is 6.23. The molecule has 0 aliphatic carbocycles. The lowest BCUT2D eigenvalue weighted by Gasteiger charge is -2.08. The Morgan fingerprint density at radius 3 is 2.76 bits per heavy atom. The van der Waals surface area contributed by atoms with Crippen molar-refractivity contribution in [2.24, 2.45) is 0 Å². The molecule has 2 heterocycles. The molecule has 0 radical (unpaired) electrons. The highest BCUT2D eigenvalue weighted by atomic mass is 32.2. The first-order valence-corrected chi connectivity index (χ1v) is 6.21. The minimum Gasteiger partial charge on any atom is -0.396 e. The van der Waals surface area contributed by atoms with Crippen LogP contribution >= 0.6 is 0 Å². The van der Waals surface area contributed by atoms with Crippen LogP contribution in [0, 0.1) is 6.92 Å². The number of hydrogen-bond acceptors (Lipinski definition) is 5. The van der Waals surface area contributed by atoms with Gasteiger partial charge in [0.15, 0.2) is 0 Å². The topological polar surface area (TPSA) is 114 Å². The number of nitrogens with one attached hydrogen (secondary N) is 2. The van der Waals surface area contributed by atoms with E-state index in [0.29, 0.717) is 11.4 Å². The molecule has 2 aromatic heterocycles. The lowest BCUT2D eigenvalue weighted by Crippen LogP contribution is -2.14. The highest BCUT2D eigenvalue weighted by molar-refractivity contribution is 7.92. The molecule has 0 saturated heterocycles. The quantitative estimate of drug-likeness (QED) is 0.736. The van der Waals surface area contributed by atoms with E-state index < -0.39 is 10.0 Å². The van der Waals surface area contributed by atoms with Crippen molar-refractivity contribution in [1.82, 2.24) is 15.2 Å². The van der Waals surface area contributed by atoms with Gasteiger partial charge in [-0.25, -0.2) is 8.42 Å². The molecular weight excluding hydrogens is 242 g/mol. The van der Waals surface area contributed by atoms with E-state index in [1.54, 1.807) is 6.92 Å². The number of nitrogen functional groups attached to an aromatic ring is 1. The SMILES string of the molecule is Cc1[nH]ncc1S(=O)(=O)Nc1ccncc1N. The Bertz CT molecular complexity index is 634. The summed E-state index contributed by atoms with van der Waals surface area (Å²) >= 11 is 0. The summed E-state index contributed by atoms with van der Waals surface area (Å²) in [7, 11) is -3.67. The fourth-order valence-electron chi connectivity index (χ4n) is 1.31. The molecule has 2 aromatic rings. The number of aromatic nitrogens is 3. The highest BCUT2D eigenvalue weighted by Crippen LogP contribution is 2.21. The Balaban J connectivity index is 2.37. The first kappa shape index (κ1) is 11.4. The second kappa shape index (κ2) is 4.06. The Morgan fingerprint density at radius 2 is 2.18 bits per heavy atom. The molecule has 7 nitrogen and oxygen atoms in total. The number of rotatable bonds is 3. The Labute approximate surface area is 98.1 Å². The summed E-state index contributed by atoms with van der Waals surface area (Å²) < 4.78 is 26.4. The van der Waals surface area contributed by atoms with E-state index in [1.807, 2.05) is 0 Å². The van der Waals surface area contributed by atoms with Crippen molar-refractivity contribution >= 4 is 21.4 Å². The molecule has 2 rings (SSSR count). The van der Waals surface area contributed by atoms with Gasteiger partial charge in [-0.15, -0.1) is 0 Å². The normalized spacial score (nSPS) is 11.4. The van der Waals surface area contributed by atoms with Gasteiger partial charge in [-0.2, -0.15) is 5.10 Å². The molecule has 0 unspecified atom stereocenters. The minimum atomic E-state index is -3.67. The van der Waals surface area contributed by atoms with Gasteiger partial charge in [0.2, 0.25) is 0 Å². The van der Waals surface area contributed by atoms with E-state index in [2.05, 4.69) is 19.9 Å². The molecule has 90 valence electrons. The third-order valence-electron chi connectivity index (χ3n) is 2.17. The largest absolute Gasteiger partial charge is 0.396 e. The van der Waals surface area contributed by atoms with Gasteiger partial charge in [0, 0.05) is 6.20 Å². The zero-order valence-electron chi connectivity index (χ0n) is 9.01. The first-order valence-electron chi connectivity index (χ1n) is 4.73. The number of anilines is 2.